The van der Waals surface area contributed by atoms with E-state index in [1.54, 1.807) is 6.07 Å². The Morgan fingerprint density at radius 2 is 2.29 bits per heavy atom. The molecule has 1 amide bonds. The minimum absolute atomic E-state index is 0.0595. The van der Waals surface area contributed by atoms with Gasteiger partial charge in [0.15, 0.2) is 5.82 Å². The number of carbonyl (C=O) groups is 1. The van der Waals surface area contributed by atoms with Crippen LogP contribution < -0.4 is 11.1 Å². The minimum Gasteiger partial charge on any atom is -0.325 e. The molecule has 112 valence electrons. The quantitative estimate of drug-likeness (QED) is 0.878. The number of hydrogen-bond acceptors (Lipinski definition) is 4. The lowest BCUT2D eigenvalue weighted by Crippen LogP contribution is -2.40. The Balaban J connectivity index is 2.12. The van der Waals surface area contributed by atoms with Crippen molar-refractivity contribution in [3.63, 3.8) is 0 Å². The summed E-state index contributed by atoms with van der Waals surface area (Å²) in [6.45, 7) is 3.86. The van der Waals surface area contributed by atoms with Crippen LogP contribution in [0, 0.1) is 11.7 Å². The van der Waals surface area contributed by atoms with Crippen LogP contribution in [0.5, 0.6) is 0 Å². The number of nitrogens with one attached hydrogen (secondary N) is 1. The van der Waals surface area contributed by atoms with E-state index in [4.69, 9.17) is 5.73 Å². The molecule has 0 fully saturated rings. The van der Waals surface area contributed by atoms with Crippen LogP contribution >= 0.6 is 0 Å². The van der Waals surface area contributed by atoms with Crippen LogP contribution in [0.1, 0.15) is 20.3 Å². The van der Waals surface area contributed by atoms with Gasteiger partial charge in [0.05, 0.1) is 6.04 Å². The molecule has 2 rings (SSSR count). The molecule has 0 spiro atoms. The van der Waals surface area contributed by atoms with Crippen molar-refractivity contribution in [2.75, 3.05) is 5.32 Å². The molecule has 2 atom stereocenters. The van der Waals surface area contributed by atoms with Crippen LogP contribution in [0.4, 0.5) is 10.1 Å². The highest BCUT2D eigenvalue weighted by Gasteiger charge is 2.19. The normalized spacial score (nSPS) is 13.7. The lowest BCUT2D eigenvalue weighted by Gasteiger charge is -2.17. The number of rotatable bonds is 5. The fraction of sp³-hybridized carbons (Fsp3) is 0.357. The summed E-state index contributed by atoms with van der Waals surface area (Å²) in [7, 11) is 0. The zero-order valence-corrected chi connectivity index (χ0v) is 12.0. The van der Waals surface area contributed by atoms with Crippen LogP contribution in [0.2, 0.25) is 0 Å². The first kappa shape index (κ1) is 15.1. The number of nitrogens with zero attached hydrogens (tertiary/aromatic N) is 3. The van der Waals surface area contributed by atoms with E-state index in [0.717, 1.165) is 6.42 Å². The maximum absolute atomic E-state index is 14.0. The highest BCUT2D eigenvalue weighted by molar-refractivity contribution is 5.94. The van der Waals surface area contributed by atoms with Gasteiger partial charge in [0.2, 0.25) is 5.91 Å². The van der Waals surface area contributed by atoms with Crippen molar-refractivity contribution in [3.05, 3.63) is 36.7 Å². The second-order valence-electron chi connectivity index (χ2n) is 4.91. The zero-order valence-electron chi connectivity index (χ0n) is 12.0. The fourth-order valence-electron chi connectivity index (χ4n) is 1.84. The van der Waals surface area contributed by atoms with E-state index >= 15 is 0 Å². The Kier molecular flexibility index (Phi) is 4.64. The second-order valence-corrected chi connectivity index (χ2v) is 4.91. The maximum Gasteiger partial charge on any atom is 0.241 e. The molecule has 0 aliphatic carbocycles. The van der Waals surface area contributed by atoms with Gasteiger partial charge < -0.3 is 11.1 Å². The molecule has 2 aromatic rings. The molecular formula is C14H18FN5O. The van der Waals surface area contributed by atoms with Gasteiger partial charge in [-0.3, -0.25) is 4.79 Å². The van der Waals surface area contributed by atoms with Gasteiger partial charge in [-0.05, 0) is 24.1 Å². The summed E-state index contributed by atoms with van der Waals surface area (Å²) in [5.74, 6) is -0.767. The van der Waals surface area contributed by atoms with Crippen molar-refractivity contribution < 1.29 is 9.18 Å². The lowest BCUT2D eigenvalue weighted by molar-refractivity contribution is -0.118. The SMILES string of the molecule is CCC(C)C(N)C(=O)Nc1ccc(-n2cncn2)c(F)c1. The van der Waals surface area contributed by atoms with Gasteiger partial charge in [0, 0.05) is 5.69 Å². The summed E-state index contributed by atoms with van der Waals surface area (Å²) >= 11 is 0. The Bertz CT molecular complexity index is 614. The minimum atomic E-state index is -0.618. The number of amides is 1. The number of nitrogens with two attached hydrogens (primary N) is 1. The predicted molar refractivity (Wildman–Crippen MR) is 77.4 cm³/mol. The molecule has 0 saturated carbocycles. The van der Waals surface area contributed by atoms with Crippen molar-refractivity contribution in [2.24, 2.45) is 11.7 Å². The molecule has 7 heteroatoms. The molecule has 0 aliphatic rings. The van der Waals surface area contributed by atoms with Crippen LogP contribution in [0.3, 0.4) is 0 Å². The van der Waals surface area contributed by atoms with Gasteiger partial charge in [0.1, 0.15) is 18.3 Å². The molecule has 0 aliphatic heterocycles. The third-order valence-electron chi connectivity index (χ3n) is 3.44. The molecule has 0 bridgehead atoms. The zero-order chi connectivity index (χ0) is 15.4. The van der Waals surface area contributed by atoms with Crippen molar-refractivity contribution in [2.45, 2.75) is 26.3 Å². The van der Waals surface area contributed by atoms with Crippen LogP contribution in [-0.2, 0) is 4.79 Å². The summed E-state index contributed by atoms with van der Waals surface area (Å²) < 4.78 is 15.3. The number of halogens is 1. The van der Waals surface area contributed by atoms with Gasteiger partial charge >= 0.3 is 0 Å². The molecule has 0 radical (unpaired) electrons. The van der Waals surface area contributed by atoms with E-state index in [2.05, 4.69) is 15.4 Å². The molecule has 21 heavy (non-hydrogen) atoms. The van der Waals surface area contributed by atoms with E-state index < -0.39 is 11.9 Å². The summed E-state index contributed by atoms with van der Waals surface area (Å²) in [6.07, 6.45) is 3.52. The van der Waals surface area contributed by atoms with Gasteiger partial charge in [-0.25, -0.2) is 14.1 Å². The Hall–Kier alpha value is -2.28. The van der Waals surface area contributed by atoms with Crippen LogP contribution in [-0.4, -0.2) is 26.7 Å². The topological polar surface area (TPSA) is 85.8 Å². The smallest absolute Gasteiger partial charge is 0.241 e. The van der Waals surface area contributed by atoms with E-state index in [-0.39, 0.29) is 17.5 Å². The molecule has 6 nitrogen and oxygen atoms in total. The Morgan fingerprint density at radius 3 is 2.86 bits per heavy atom. The monoisotopic (exact) mass is 291 g/mol. The first-order valence-corrected chi connectivity index (χ1v) is 6.74. The third-order valence-corrected chi connectivity index (χ3v) is 3.44. The highest BCUT2D eigenvalue weighted by atomic mass is 19.1. The molecule has 1 aromatic carbocycles. The van der Waals surface area contributed by atoms with Crippen molar-refractivity contribution in [1.82, 2.24) is 14.8 Å². The predicted octanol–water partition coefficient (Wildman–Crippen LogP) is 1.72. The summed E-state index contributed by atoms with van der Waals surface area (Å²) in [4.78, 5) is 15.7. The molecular weight excluding hydrogens is 273 g/mol. The number of carbonyl (C=O) groups excluding carboxylic acids is 1. The summed E-state index contributed by atoms with van der Waals surface area (Å²) in [6, 6.07) is 3.74. The van der Waals surface area contributed by atoms with Gasteiger partial charge in [-0.2, -0.15) is 5.10 Å². The lowest BCUT2D eigenvalue weighted by atomic mass is 9.99. The van der Waals surface area contributed by atoms with Crippen LogP contribution in [0.25, 0.3) is 5.69 Å². The third kappa shape index (κ3) is 3.43. The van der Waals surface area contributed by atoms with Crippen molar-refractivity contribution in [3.8, 4) is 5.69 Å². The van der Waals surface area contributed by atoms with E-state index in [9.17, 15) is 9.18 Å². The van der Waals surface area contributed by atoms with E-state index in [1.807, 2.05) is 13.8 Å². The van der Waals surface area contributed by atoms with Gasteiger partial charge in [-0.1, -0.05) is 20.3 Å². The largest absolute Gasteiger partial charge is 0.325 e. The molecule has 1 aromatic heterocycles. The molecule has 1 heterocycles. The molecule has 3 N–H and O–H groups in total. The first-order chi connectivity index (χ1) is 10.0. The fourth-order valence-corrected chi connectivity index (χ4v) is 1.84. The van der Waals surface area contributed by atoms with Gasteiger partial charge in [-0.15, -0.1) is 0 Å². The number of aromatic nitrogens is 3. The standard InChI is InChI=1S/C14H18FN5O/c1-3-9(2)13(16)14(21)19-10-4-5-12(11(15)6-10)20-8-17-7-18-20/h4-9,13H,3,16H2,1-2H3,(H,19,21). The molecule has 0 saturated heterocycles. The molecule has 2 unspecified atom stereocenters. The first-order valence-electron chi connectivity index (χ1n) is 6.74. The van der Waals surface area contributed by atoms with E-state index in [1.165, 1.54) is 29.5 Å². The Labute approximate surface area is 122 Å². The number of hydrogen-bond donors (Lipinski definition) is 2. The second kappa shape index (κ2) is 6.45. The van der Waals surface area contributed by atoms with E-state index in [0.29, 0.717) is 5.69 Å². The van der Waals surface area contributed by atoms with Gasteiger partial charge in [0.25, 0.3) is 0 Å². The summed E-state index contributed by atoms with van der Waals surface area (Å²) in [5, 5.41) is 6.48. The Morgan fingerprint density at radius 1 is 1.52 bits per heavy atom. The van der Waals surface area contributed by atoms with Crippen molar-refractivity contribution >= 4 is 11.6 Å². The van der Waals surface area contributed by atoms with Crippen LogP contribution in [0.15, 0.2) is 30.9 Å². The summed E-state index contributed by atoms with van der Waals surface area (Å²) in [5.41, 5.74) is 6.46. The number of benzene rings is 1. The van der Waals surface area contributed by atoms with Crippen molar-refractivity contribution in [1.29, 1.82) is 0 Å². The average molecular weight is 291 g/mol. The maximum atomic E-state index is 14.0. The average Bonchev–Trinajstić information content (AvgIpc) is 2.99. The number of anilines is 1. The highest BCUT2D eigenvalue weighted by Crippen LogP contribution is 2.18.